The van der Waals surface area contributed by atoms with Crippen LogP contribution in [0.1, 0.15) is 27.6 Å². The van der Waals surface area contributed by atoms with E-state index < -0.39 is 11.9 Å². The Morgan fingerprint density at radius 1 is 1.33 bits per heavy atom. The second-order valence-corrected chi connectivity index (χ2v) is 4.73. The Morgan fingerprint density at radius 3 is 2.72 bits per heavy atom. The minimum absolute atomic E-state index is 0.166. The zero-order valence-corrected chi connectivity index (χ0v) is 10.3. The van der Waals surface area contributed by atoms with Crippen LogP contribution in [0.4, 0.5) is 0 Å². The molecule has 0 spiro atoms. The molecule has 0 bridgehead atoms. The minimum atomic E-state index is -0.992. The van der Waals surface area contributed by atoms with Gasteiger partial charge in [0.15, 0.2) is 5.78 Å². The molecule has 0 saturated heterocycles. The number of carbonyl (C=O) groups is 2. The summed E-state index contributed by atoms with van der Waals surface area (Å²) in [5.41, 5.74) is 0.637. The molecule has 2 aromatic rings. The fraction of sp³-hybridized carbons (Fsp3) is 0.154. The Labute approximate surface area is 108 Å². The SMILES string of the molecule is O=C(O)CC(C(=O)c1cccs1)c1cccnc1. The molecule has 0 aromatic carbocycles. The number of hydrogen-bond acceptors (Lipinski definition) is 4. The summed E-state index contributed by atoms with van der Waals surface area (Å²) < 4.78 is 0. The van der Waals surface area contributed by atoms with E-state index in [-0.39, 0.29) is 12.2 Å². The van der Waals surface area contributed by atoms with Crippen molar-refractivity contribution >= 4 is 23.1 Å². The normalized spacial score (nSPS) is 12.0. The number of rotatable bonds is 5. The van der Waals surface area contributed by atoms with Gasteiger partial charge in [-0.2, -0.15) is 0 Å². The van der Waals surface area contributed by atoms with E-state index in [4.69, 9.17) is 5.11 Å². The molecule has 1 unspecified atom stereocenters. The minimum Gasteiger partial charge on any atom is -0.481 e. The van der Waals surface area contributed by atoms with Crippen molar-refractivity contribution in [1.29, 1.82) is 0 Å². The van der Waals surface area contributed by atoms with Gasteiger partial charge in [0, 0.05) is 12.4 Å². The Morgan fingerprint density at radius 2 is 2.17 bits per heavy atom. The van der Waals surface area contributed by atoms with Crippen molar-refractivity contribution in [3.05, 3.63) is 52.5 Å². The van der Waals surface area contributed by atoms with Gasteiger partial charge < -0.3 is 5.11 Å². The summed E-state index contributed by atoms with van der Waals surface area (Å²) >= 11 is 1.32. The topological polar surface area (TPSA) is 67.3 Å². The largest absolute Gasteiger partial charge is 0.481 e. The number of ketones is 1. The summed E-state index contributed by atoms with van der Waals surface area (Å²) in [5, 5.41) is 10.7. The molecular formula is C13H11NO3S. The van der Waals surface area contributed by atoms with Crippen LogP contribution in [0.5, 0.6) is 0 Å². The van der Waals surface area contributed by atoms with Gasteiger partial charge in [-0.25, -0.2) is 0 Å². The monoisotopic (exact) mass is 261 g/mol. The third-order valence-corrected chi connectivity index (χ3v) is 3.43. The predicted octanol–water partition coefficient (Wildman–Crippen LogP) is 2.58. The molecule has 2 aromatic heterocycles. The number of pyridine rings is 1. The average Bonchev–Trinajstić information content (AvgIpc) is 2.90. The van der Waals surface area contributed by atoms with Gasteiger partial charge in [0.1, 0.15) is 0 Å². The average molecular weight is 261 g/mol. The highest BCUT2D eigenvalue weighted by atomic mass is 32.1. The van der Waals surface area contributed by atoms with E-state index in [2.05, 4.69) is 4.98 Å². The first kappa shape index (κ1) is 12.4. The van der Waals surface area contributed by atoms with Crippen molar-refractivity contribution in [2.75, 3.05) is 0 Å². The maximum Gasteiger partial charge on any atom is 0.304 e. The number of thiophene rings is 1. The van der Waals surface area contributed by atoms with E-state index in [0.29, 0.717) is 10.4 Å². The predicted molar refractivity (Wildman–Crippen MR) is 67.9 cm³/mol. The molecule has 0 amide bonds. The third kappa shape index (κ3) is 2.81. The van der Waals surface area contributed by atoms with Gasteiger partial charge in [0.25, 0.3) is 0 Å². The zero-order chi connectivity index (χ0) is 13.0. The van der Waals surface area contributed by atoms with E-state index in [9.17, 15) is 9.59 Å². The molecule has 0 aliphatic heterocycles. The van der Waals surface area contributed by atoms with Gasteiger partial charge in [0.05, 0.1) is 17.2 Å². The number of carboxylic acids is 1. The van der Waals surface area contributed by atoms with Crippen LogP contribution in [0.15, 0.2) is 42.0 Å². The number of aromatic nitrogens is 1. The highest BCUT2D eigenvalue weighted by molar-refractivity contribution is 7.12. The highest BCUT2D eigenvalue weighted by Gasteiger charge is 2.25. The second-order valence-electron chi connectivity index (χ2n) is 3.78. The molecule has 4 nitrogen and oxygen atoms in total. The van der Waals surface area contributed by atoms with Crippen LogP contribution in [0.3, 0.4) is 0 Å². The summed E-state index contributed by atoms with van der Waals surface area (Å²) in [6.07, 6.45) is 2.92. The third-order valence-electron chi connectivity index (χ3n) is 2.55. The number of carbonyl (C=O) groups excluding carboxylic acids is 1. The lowest BCUT2D eigenvalue weighted by atomic mass is 9.92. The molecule has 2 heterocycles. The smallest absolute Gasteiger partial charge is 0.304 e. The highest BCUT2D eigenvalue weighted by Crippen LogP contribution is 2.25. The van der Waals surface area contributed by atoms with Crippen molar-refractivity contribution in [1.82, 2.24) is 4.98 Å². The quantitative estimate of drug-likeness (QED) is 0.840. The lowest BCUT2D eigenvalue weighted by Gasteiger charge is -2.12. The summed E-state index contributed by atoms with van der Waals surface area (Å²) in [7, 11) is 0. The number of carboxylic acid groups (broad SMARTS) is 1. The van der Waals surface area contributed by atoms with E-state index in [0.717, 1.165) is 0 Å². The Kier molecular flexibility index (Phi) is 3.84. The van der Waals surface area contributed by atoms with Crippen LogP contribution in [0.2, 0.25) is 0 Å². The summed E-state index contributed by atoms with van der Waals surface area (Å²) in [4.78, 5) is 27.7. The van der Waals surface area contributed by atoms with E-state index in [1.807, 2.05) is 0 Å². The van der Waals surface area contributed by atoms with Gasteiger partial charge in [-0.05, 0) is 23.1 Å². The fourth-order valence-corrected chi connectivity index (χ4v) is 2.43. The van der Waals surface area contributed by atoms with Gasteiger partial charge >= 0.3 is 5.97 Å². The molecule has 18 heavy (non-hydrogen) atoms. The van der Waals surface area contributed by atoms with Crippen LogP contribution in [-0.4, -0.2) is 21.8 Å². The summed E-state index contributed by atoms with van der Waals surface area (Å²) in [5.74, 6) is -1.83. The summed E-state index contributed by atoms with van der Waals surface area (Å²) in [6, 6.07) is 6.91. The maximum atomic E-state index is 12.3. The van der Waals surface area contributed by atoms with Crippen LogP contribution < -0.4 is 0 Å². The zero-order valence-electron chi connectivity index (χ0n) is 9.45. The number of Topliss-reactive ketones (excluding diaryl/α,β-unsaturated/α-hetero) is 1. The van der Waals surface area contributed by atoms with Crippen molar-refractivity contribution in [3.63, 3.8) is 0 Å². The molecule has 2 rings (SSSR count). The number of aliphatic carboxylic acids is 1. The van der Waals surface area contributed by atoms with Crippen molar-refractivity contribution < 1.29 is 14.7 Å². The molecule has 0 fully saturated rings. The summed E-state index contributed by atoms with van der Waals surface area (Å²) in [6.45, 7) is 0. The van der Waals surface area contributed by atoms with Crippen LogP contribution >= 0.6 is 11.3 Å². The van der Waals surface area contributed by atoms with Gasteiger partial charge in [0.2, 0.25) is 0 Å². The molecule has 0 saturated carbocycles. The lowest BCUT2D eigenvalue weighted by Crippen LogP contribution is -2.16. The van der Waals surface area contributed by atoms with Crippen LogP contribution in [-0.2, 0) is 4.79 Å². The lowest BCUT2D eigenvalue weighted by molar-refractivity contribution is -0.137. The van der Waals surface area contributed by atoms with Crippen LogP contribution in [0, 0.1) is 0 Å². The molecule has 92 valence electrons. The van der Waals surface area contributed by atoms with Crippen molar-refractivity contribution in [2.45, 2.75) is 12.3 Å². The maximum absolute atomic E-state index is 12.3. The first-order chi connectivity index (χ1) is 8.68. The Hall–Kier alpha value is -2.01. The molecule has 1 atom stereocenters. The fourth-order valence-electron chi connectivity index (χ4n) is 1.71. The molecule has 0 aliphatic rings. The first-order valence-corrected chi connectivity index (χ1v) is 6.26. The van der Waals surface area contributed by atoms with Gasteiger partial charge in [-0.3, -0.25) is 14.6 Å². The van der Waals surface area contributed by atoms with Gasteiger partial charge in [-0.1, -0.05) is 12.1 Å². The number of nitrogens with zero attached hydrogens (tertiary/aromatic N) is 1. The molecular weight excluding hydrogens is 250 g/mol. The molecule has 0 radical (unpaired) electrons. The van der Waals surface area contributed by atoms with Gasteiger partial charge in [-0.15, -0.1) is 11.3 Å². The Bertz CT molecular complexity index is 537. The molecule has 5 heteroatoms. The standard InChI is InChI=1S/C13H11NO3S/c15-12(16)7-10(9-3-1-5-14-8-9)13(17)11-4-2-6-18-11/h1-6,8,10H,7H2,(H,15,16). The van der Waals surface area contributed by atoms with Crippen LogP contribution in [0.25, 0.3) is 0 Å². The first-order valence-electron chi connectivity index (χ1n) is 5.38. The number of hydrogen-bond donors (Lipinski definition) is 1. The van der Waals surface area contributed by atoms with E-state index in [1.165, 1.54) is 11.3 Å². The molecule has 1 N–H and O–H groups in total. The van der Waals surface area contributed by atoms with Crippen molar-refractivity contribution in [3.8, 4) is 0 Å². The van der Waals surface area contributed by atoms with E-state index in [1.54, 1.807) is 42.0 Å². The molecule has 0 aliphatic carbocycles. The Balaban J connectivity index is 2.31. The van der Waals surface area contributed by atoms with E-state index >= 15 is 0 Å². The van der Waals surface area contributed by atoms with Crippen molar-refractivity contribution in [2.24, 2.45) is 0 Å². The second kappa shape index (κ2) is 5.55.